The van der Waals surface area contributed by atoms with Gasteiger partial charge in [0.25, 0.3) is 0 Å². The summed E-state index contributed by atoms with van der Waals surface area (Å²) in [6.07, 6.45) is 6.92. The van der Waals surface area contributed by atoms with Gasteiger partial charge in [0.15, 0.2) is 0 Å². The molecule has 0 N–H and O–H groups in total. The van der Waals surface area contributed by atoms with E-state index in [0.717, 1.165) is 22.8 Å². The van der Waals surface area contributed by atoms with E-state index in [4.69, 9.17) is 25.8 Å². The van der Waals surface area contributed by atoms with Crippen LogP contribution in [-0.2, 0) is 25.4 Å². The maximum atomic E-state index is 12.7. The highest BCUT2D eigenvalue weighted by molar-refractivity contribution is 6.30. The number of benzene rings is 1. The van der Waals surface area contributed by atoms with Crippen molar-refractivity contribution in [2.45, 2.75) is 76.8 Å². The van der Waals surface area contributed by atoms with Crippen molar-refractivity contribution < 1.29 is 19.0 Å². The second-order valence-electron chi connectivity index (χ2n) is 8.31. The summed E-state index contributed by atoms with van der Waals surface area (Å²) >= 11 is 6.11. The molecule has 1 aromatic carbocycles. The molecule has 1 aliphatic carbocycles. The van der Waals surface area contributed by atoms with Gasteiger partial charge in [-0.05, 0) is 49.3 Å². The molecule has 2 heterocycles. The van der Waals surface area contributed by atoms with Crippen LogP contribution in [0.3, 0.4) is 0 Å². The summed E-state index contributed by atoms with van der Waals surface area (Å²) < 4.78 is 18.0. The van der Waals surface area contributed by atoms with Crippen LogP contribution in [-0.4, -0.2) is 24.0 Å². The second kappa shape index (κ2) is 7.48. The van der Waals surface area contributed by atoms with E-state index in [0.29, 0.717) is 24.3 Å². The van der Waals surface area contributed by atoms with Gasteiger partial charge in [-0.3, -0.25) is 0 Å². The van der Waals surface area contributed by atoms with Crippen LogP contribution >= 0.6 is 11.6 Å². The van der Waals surface area contributed by atoms with E-state index in [-0.39, 0.29) is 18.2 Å². The predicted octanol–water partition coefficient (Wildman–Crippen LogP) is 5.18. The zero-order valence-corrected chi connectivity index (χ0v) is 16.8. The Labute approximate surface area is 165 Å². The Hall–Kier alpha value is -1.52. The minimum atomic E-state index is -0.912. The summed E-state index contributed by atoms with van der Waals surface area (Å²) in [6.45, 7) is 3.57. The number of rotatable bonds is 4. The highest BCUT2D eigenvalue weighted by atomic mass is 35.5. The lowest BCUT2D eigenvalue weighted by molar-refractivity contribution is -0.218. The number of halogens is 1. The van der Waals surface area contributed by atoms with Crippen LogP contribution in [0.15, 0.2) is 35.6 Å². The molecule has 0 saturated heterocycles. The van der Waals surface area contributed by atoms with Gasteiger partial charge >= 0.3 is 5.97 Å². The van der Waals surface area contributed by atoms with E-state index in [1.807, 2.05) is 18.2 Å². The summed E-state index contributed by atoms with van der Waals surface area (Å²) in [5.74, 6) is 0.112. The topological polar surface area (TPSA) is 44.8 Å². The Morgan fingerprint density at radius 2 is 1.96 bits per heavy atom. The van der Waals surface area contributed by atoms with E-state index in [2.05, 4.69) is 6.07 Å². The summed E-state index contributed by atoms with van der Waals surface area (Å²) in [5.41, 5.74) is 1.72. The minimum Gasteiger partial charge on any atom is -0.456 e. The standard InChI is InChI=1S/C22H27ClO4/c1-22(2)26-19-13-18(15-7-3-4-8-15)25-17(20(19)21(24)27-22)11-10-14-6-5-9-16(23)12-14/h5-6,9,12,15,17-18H,3-4,7-8,10-11,13H2,1-2H3/t17-,18-/m0/s1. The van der Waals surface area contributed by atoms with Gasteiger partial charge in [0.05, 0.1) is 12.2 Å². The summed E-state index contributed by atoms with van der Waals surface area (Å²) in [7, 11) is 0. The number of carbonyl (C=O) groups is 1. The molecule has 1 aromatic rings. The van der Waals surface area contributed by atoms with Gasteiger partial charge in [0.1, 0.15) is 11.3 Å². The molecule has 0 unspecified atom stereocenters. The van der Waals surface area contributed by atoms with Gasteiger partial charge in [-0.1, -0.05) is 36.6 Å². The van der Waals surface area contributed by atoms with E-state index in [1.165, 1.54) is 25.7 Å². The van der Waals surface area contributed by atoms with Crippen molar-refractivity contribution in [2.24, 2.45) is 5.92 Å². The van der Waals surface area contributed by atoms with Gasteiger partial charge in [0.2, 0.25) is 5.79 Å². The molecule has 3 aliphatic rings. The van der Waals surface area contributed by atoms with Crippen molar-refractivity contribution in [3.05, 3.63) is 46.2 Å². The molecule has 1 fully saturated rings. The van der Waals surface area contributed by atoms with E-state index >= 15 is 0 Å². The van der Waals surface area contributed by atoms with Gasteiger partial charge in [-0.15, -0.1) is 0 Å². The van der Waals surface area contributed by atoms with E-state index in [1.54, 1.807) is 13.8 Å². The first-order valence-corrected chi connectivity index (χ1v) is 10.3. The Balaban J connectivity index is 1.57. The third kappa shape index (κ3) is 4.17. The first-order valence-electron chi connectivity index (χ1n) is 9.96. The van der Waals surface area contributed by atoms with Crippen molar-refractivity contribution >= 4 is 17.6 Å². The quantitative estimate of drug-likeness (QED) is 0.664. The first-order chi connectivity index (χ1) is 12.9. The average molecular weight is 391 g/mol. The molecule has 0 radical (unpaired) electrons. The van der Waals surface area contributed by atoms with E-state index < -0.39 is 5.79 Å². The number of hydrogen-bond donors (Lipinski definition) is 0. The van der Waals surface area contributed by atoms with Crippen LogP contribution in [0.4, 0.5) is 0 Å². The second-order valence-corrected chi connectivity index (χ2v) is 8.75. The Bertz CT molecular complexity index is 748. The number of aryl methyl sites for hydroxylation is 1. The molecule has 0 amide bonds. The molecule has 4 nitrogen and oxygen atoms in total. The first kappa shape index (κ1) is 18.8. The molecule has 1 saturated carbocycles. The van der Waals surface area contributed by atoms with Crippen LogP contribution in [0.25, 0.3) is 0 Å². The lowest BCUT2D eigenvalue weighted by Crippen LogP contribution is -2.45. The fourth-order valence-corrected chi connectivity index (χ4v) is 4.76. The van der Waals surface area contributed by atoms with Crippen molar-refractivity contribution in [1.82, 2.24) is 0 Å². The number of carbonyl (C=O) groups excluding carboxylic acids is 1. The monoisotopic (exact) mass is 390 g/mol. The zero-order chi connectivity index (χ0) is 19.0. The lowest BCUT2D eigenvalue weighted by atomic mass is 9.89. The van der Waals surface area contributed by atoms with Crippen molar-refractivity contribution in [3.8, 4) is 0 Å². The smallest absolute Gasteiger partial charge is 0.343 e. The number of esters is 1. The normalized spacial score (nSPS) is 27.9. The number of ether oxygens (including phenoxy) is 3. The summed E-state index contributed by atoms with van der Waals surface area (Å²) in [4.78, 5) is 12.7. The number of cyclic esters (lactones) is 1. The molecule has 0 aromatic heterocycles. The average Bonchev–Trinajstić information content (AvgIpc) is 3.12. The molecule has 146 valence electrons. The molecule has 0 bridgehead atoms. The van der Waals surface area contributed by atoms with Crippen LogP contribution in [0.5, 0.6) is 0 Å². The Kier molecular flexibility index (Phi) is 5.21. The molecule has 4 rings (SSSR count). The van der Waals surface area contributed by atoms with Crippen molar-refractivity contribution in [3.63, 3.8) is 0 Å². The van der Waals surface area contributed by atoms with Crippen molar-refractivity contribution in [2.75, 3.05) is 0 Å². The van der Waals surface area contributed by atoms with Crippen LogP contribution in [0.1, 0.15) is 57.9 Å². The molecule has 27 heavy (non-hydrogen) atoms. The zero-order valence-electron chi connectivity index (χ0n) is 16.0. The van der Waals surface area contributed by atoms with Crippen LogP contribution < -0.4 is 0 Å². The maximum absolute atomic E-state index is 12.7. The molecule has 2 atom stereocenters. The summed E-state index contributed by atoms with van der Waals surface area (Å²) in [6, 6.07) is 7.84. The van der Waals surface area contributed by atoms with Gasteiger partial charge in [0, 0.05) is 25.3 Å². The predicted molar refractivity (Wildman–Crippen MR) is 103 cm³/mol. The van der Waals surface area contributed by atoms with Crippen molar-refractivity contribution in [1.29, 1.82) is 0 Å². The molecule has 2 aliphatic heterocycles. The Morgan fingerprint density at radius 3 is 2.70 bits per heavy atom. The molecular formula is C22H27ClO4. The third-order valence-corrected chi connectivity index (χ3v) is 6.02. The Morgan fingerprint density at radius 1 is 1.19 bits per heavy atom. The summed E-state index contributed by atoms with van der Waals surface area (Å²) in [5, 5.41) is 0.725. The fourth-order valence-electron chi connectivity index (χ4n) is 4.55. The van der Waals surface area contributed by atoms with Crippen LogP contribution in [0, 0.1) is 5.92 Å². The minimum absolute atomic E-state index is 0.123. The van der Waals surface area contributed by atoms with Gasteiger partial charge < -0.3 is 14.2 Å². The molecule has 5 heteroatoms. The molecular weight excluding hydrogens is 364 g/mol. The highest BCUT2D eigenvalue weighted by Gasteiger charge is 2.45. The maximum Gasteiger partial charge on any atom is 0.343 e. The fraction of sp³-hybridized carbons (Fsp3) is 0.591. The van der Waals surface area contributed by atoms with E-state index in [9.17, 15) is 4.79 Å². The third-order valence-electron chi connectivity index (χ3n) is 5.79. The van der Waals surface area contributed by atoms with Gasteiger partial charge in [-0.25, -0.2) is 4.79 Å². The van der Waals surface area contributed by atoms with Crippen LogP contribution in [0.2, 0.25) is 5.02 Å². The van der Waals surface area contributed by atoms with Gasteiger partial charge in [-0.2, -0.15) is 0 Å². The largest absolute Gasteiger partial charge is 0.456 e. The SMILES string of the molecule is CC1(C)OC(=O)C2=C(C[C@@H](C3CCCC3)O[C@H]2CCc2cccc(Cl)c2)O1. The highest BCUT2D eigenvalue weighted by Crippen LogP contribution is 2.42. The number of hydrogen-bond acceptors (Lipinski definition) is 4. The lowest BCUT2D eigenvalue weighted by Gasteiger charge is -2.42. The molecule has 0 spiro atoms.